The maximum atomic E-state index is 11.9. The Balaban J connectivity index is 2.83. The van der Waals surface area contributed by atoms with Crippen molar-refractivity contribution in [2.75, 3.05) is 0 Å². The van der Waals surface area contributed by atoms with Crippen LogP contribution in [0.25, 0.3) is 0 Å². The average Bonchev–Trinajstić information content (AvgIpc) is 2.37. The van der Waals surface area contributed by atoms with E-state index in [1.807, 2.05) is 25.1 Å². The fourth-order valence-corrected chi connectivity index (χ4v) is 1.86. The number of carboxylic acids is 1. The van der Waals surface area contributed by atoms with E-state index in [0.717, 1.165) is 11.1 Å². The predicted octanol–water partition coefficient (Wildman–Crippen LogP) is 2.48. The number of rotatable bonds is 6. The first kappa shape index (κ1) is 17.0. The summed E-state index contributed by atoms with van der Waals surface area (Å²) in [4.78, 5) is 22.7. The molecule has 0 heterocycles. The zero-order valence-electron chi connectivity index (χ0n) is 13.1. The molecule has 0 aromatic heterocycles. The van der Waals surface area contributed by atoms with Crippen molar-refractivity contribution in [1.29, 1.82) is 0 Å². The fourth-order valence-electron chi connectivity index (χ4n) is 1.86. The smallest absolute Gasteiger partial charge is 0.325 e. The molecule has 0 aliphatic rings. The van der Waals surface area contributed by atoms with E-state index in [2.05, 4.69) is 19.2 Å². The topological polar surface area (TPSA) is 75.6 Å². The molecule has 0 saturated heterocycles. The van der Waals surface area contributed by atoms with Gasteiger partial charge in [-0.2, -0.15) is 0 Å². The molecule has 116 valence electrons. The van der Waals surface area contributed by atoms with Crippen molar-refractivity contribution < 1.29 is 19.4 Å². The number of ether oxygens (including phenoxy) is 1. The first-order chi connectivity index (χ1) is 9.72. The van der Waals surface area contributed by atoms with Crippen LogP contribution in [-0.2, 0) is 9.59 Å². The molecule has 1 amide bonds. The van der Waals surface area contributed by atoms with Crippen molar-refractivity contribution in [3.63, 3.8) is 0 Å². The van der Waals surface area contributed by atoms with E-state index in [-0.39, 0.29) is 5.92 Å². The van der Waals surface area contributed by atoms with Gasteiger partial charge in [-0.3, -0.25) is 9.59 Å². The minimum Gasteiger partial charge on any atom is -0.481 e. The van der Waals surface area contributed by atoms with Gasteiger partial charge in [-0.05, 0) is 43.9 Å². The molecule has 2 unspecified atom stereocenters. The number of carboxylic acid groups (broad SMARTS) is 1. The number of aryl methyl sites for hydroxylation is 1. The highest BCUT2D eigenvalue weighted by Crippen LogP contribution is 2.28. The van der Waals surface area contributed by atoms with Crippen LogP contribution in [0.2, 0.25) is 0 Å². The van der Waals surface area contributed by atoms with Gasteiger partial charge in [0.2, 0.25) is 0 Å². The number of hydrogen-bond donors (Lipinski definition) is 2. The van der Waals surface area contributed by atoms with Gasteiger partial charge in [0, 0.05) is 0 Å². The largest absolute Gasteiger partial charge is 0.481 e. The zero-order chi connectivity index (χ0) is 16.2. The van der Waals surface area contributed by atoms with Crippen molar-refractivity contribution in [2.45, 2.75) is 52.7 Å². The van der Waals surface area contributed by atoms with Gasteiger partial charge in [0.25, 0.3) is 5.91 Å². The molecule has 0 spiro atoms. The minimum atomic E-state index is -1.08. The van der Waals surface area contributed by atoms with E-state index < -0.39 is 24.0 Å². The third kappa shape index (κ3) is 4.77. The Bertz CT molecular complexity index is 525. The van der Waals surface area contributed by atoms with Crippen molar-refractivity contribution in [3.8, 4) is 5.75 Å². The Kier molecular flexibility index (Phi) is 5.76. The highest BCUT2D eigenvalue weighted by Gasteiger charge is 2.21. The molecule has 0 fully saturated rings. The molecular weight excluding hydrogens is 270 g/mol. The summed E-state index contributed by atoms with van der Waals surface area (Å²) in [7, 11) is 0. The summed E-state index contributed by atoms with van der Waals surface area (Å²) >= 11 is 0. The van der Waals surface area contributed by atoms with Crippen LogP contribution in [0.3, 0.4) is 0 Å². The summed E-state index contributed by atoms with van der Waals surface area (Å²) < 4.78 is 5.73. The maximum absolute atomic E-state index is 11.9. The van der Waals surface area contributed by atoms with Gasteiger partial charge in [0.05, 0.1) is 0 Å². The van der Waals surface area contributed by atoms with Crippen LogP contribution in [-0.4, -0.2) is 29.1 Å². The quantitative estimate of drug-likeness (QED) is 0.845. The number of carbonyl (C=O) groups excluding carboxylic acids is 1. The SMILES string of the molecule is Cc1ccc(C(C)C)c(OC(C)C(=O)NC(C)C(=O)O)c1. The third-order valence-electron chi connectivity index (χ3n) is 3.19. The van der Waals surface area contributed by atoms with Crippen LogP contribution >= 0.6 is 0 Å². The molecule has 0 aliphatic heterocycles. The lowest BCUT2D eigenvalue weighted by Crippen LogP contribution is -2.44. The summed E-state index contributed by atoms with van der Waals surface area (Å²) in [5, 5.41) is 11.2. The zero-order valence-corrected chi connectivity index (χ0v) is 13.1. The van der Waals surface area contributed by atoms with E-state index in [1.54, 1.807) is 6.92 Å². The Morgan fingerprint density at radius 1 is 1.19 bits per heavy atom. The number of amides is 1. The molecule has 1 rings (SSSR count). The molecule has 0 bridgehead atoms. The van der Waals surface area contributed by atoms with E-state index >= 15 is 0 Å². The third-order valence-corrected chi connectivity index (χ3v) is 3.19. The molecule has 1 aromatic carbocycles. The molecular formula is C16H23NO4. The summed E-state index contributed by atoms with van der Waals surface area (Å²) in [5.74, 6) is -0.584. The normalized spacial score (nSPS) is 13.6. The van der Waals surface area contributed by atoms with Gasteiger partial charge in [-0.25, -0.2) is 0 Å². The molecule has 0 aliphatic carbocycles. The standard InChI is InChI=1S/C16H23NO4/c1-9(2)13-7-6-10(3)8-14(13)21-12(5)15(18)17-11(4)16(19)20/h6-9,11-12H,1-5H3,(H,17,18)(H,19,20). The van der Waals surface area contributed by atoms with Gasteiger partial charge in [-0.1, -0.05) is 26.0 Å². The fraction of sp³-hybridized carbons (Fsp3) is 0.500. The molecule has 21 heavy (non-hydrogen) atoms. The van der Waals surface area contributed by atoms with E-state index in [4.69, 9.17) is 9.84 Å². The van der Waals surface area contributed by atoms with Crippen LogP contribution < -0.4 is 10.1 Å². The molecule has 1 aromatic rings. The van der Waals surface area contributed by atoms with Gasteiger partial charge >= 0.3 is 5.97 Å². The Morgan fingerprint density at radius 3 is 2.33 bits per heavy atom. The van der Waals surface area contributed by atoms with Gasteiger partial charge in [-0.15, -0.1) is 0 Å². The van der Waals surface area contributed by atoms with E-state index in [1.165, 1.54) is 6.92 Å². The number of carbonyl (C=O) groups is 2. The van der Waals surface area contributed by atoms with Crippen LogP contribution in [0.5, 0.6) is 5.75 Å². The number of nitrogens with one attached hydrogen (secondary N) is 1. The lowest BCUT2D eigenvalue weighted by Gasteiger charge is -2.20. The van der Waals surface area contributed by atoms with Crippen molar-refractivity contribution in [1.82, 2.24) is 5.32 Å². The molecule has 5 nitrogen and oxygen atoms in total. The first-order valence-electron chi connectivity index (χ1n) is 7.02. The van der Waals surface area contributed by atoms with E-state index in [0.29, 0.717) is 5.75 Å². The molecule has 0 radical (unpaired) electrons. The summed E-state index contributed by atoms with van der Waals surface area (Å²) in [6.45, 7) is 9.08. The second-order valence-electron chi connectivity index (χ2n) is 5.52. The Hall–Kier alpha value is -2.04. The summed E-state index contributed by atoms with van der Waals surface area (Å²) in [5.41, 5.74) is 2.06. The van der Waals surface area contributed by atoms with E-state index in [9.17, 15) is 9.59 Å². The molecule has 0 saturated carbocycles. The highest BCUT2D eigenvalue weighted by molar-refractivity contribution is 5.86. The molecule has 5 heteroatoms. The van der Waals surface area contributed by atoms with Crippen LogP contribution in [0.4, 0.5) is 0 Å². The second kappa shape index (κ2) is 7.11. The van der Waals surface area contributed by atoms with Crippen LogP contribution in [0.15, 0.2) is 18.2 Å². The number of benzene rings is 1. The highest BCUT2D eigenvalue weighted by atomic mass is 16.5. The van der Waals surface area contributed by atoms with Gasteiger partial charge in [0.15, 0.2) is 6.10 Å². The molecule has 2 N–H and O–H groups in total. The Morgan fingerprint density at radius 2 is 1.81 bits per heavy atom. The number of hydrogen-bond acceptors (Lipinski definition) is 3. The van der Waals surface area contributed by atoms with Crippen LogP contribution in [0, 0.1) is 6.92 Å². The first-order valence-corrected chi connectivity index (χ1v) is 7.02. The van der Waals surface area contributed by atoms with Crippen molar-refractivity contribution in [3.05, 3.63) is 29.3 Å². The van der Waals surface area contributed by atoms with Gasteiger partial charge in [0.1, 0.15) is 11.8 Å². The Labute approximate surface area is 125 Å². The van der Waals surface area contributed by atoms with Crippen molar-refractivity contribution >= 4 is 11.9 Å². The maximum Gasteiger partial charge on any atom is 0.325 e. The van der Waals surface area contributed by atoms with Crippen LogP contribution in [0.1, 0.15) is 44.7 Å². The minimum absolute atomic E-state index is 0.272. The lowest BCUT2D eigenvalue weighted by molar-refractivity contribution is -0.142. The summed E-state index contributed by atoms with van der Waals surface area (Å²) in [6, 6.07) is 4.93. The predicted molar refractivity (Wildman–Crippen MR) is 80.6 cm³/mol. The molecule has 2 atom stereocenters. The second-order valence-corrected chi connectivity index (χ2v) is 5.52. The van der Waals surface area contributed by atoms with Gasteiger partial charge < -0.3 is 15.2 Å². The summed E-state index contributed by atoms with van der Waals surface area (Å²) in [6.07, 6.45) is -0.758. The monoisotopic (exact) mass is 293 g/mol. The van der Waals surface area contributed by atoms with Crippen molar-refractivity contribution in [2.24, 2.45) is 0 Å². The number of aliphatic carboxylic acids is 1. The lowest BCUT2D eigenvalue weighted by atomic mass is 10.0. The average molecular weight is 293 g/mol.